The summed E-state index contributed by atoms with van der Waals surface area (Å²) in [6, 6.07) is 26.3. The van der Waals surface area contributed by atoms with Gasteiger partial charge >= 0.3 is 0 Å². The van der Waals surface area contributed by atoms with Gasteiger partial charge in [-0.05, 0) is 53.8 Å². The molecule has 0 saturated carbocycles. The number of methoxy groups -OCH3 is 2. The normalized spacial score (nSPS) is 16.0. The minimum atomic E-state index is -0.856. The fourth-order valence-electron chi connectivity index (χ4n) is 4.72. The van der Waals surface area contributed by atoms with Gasteiger partial charge in [-0.3, -0.25) is 4.79 Å². The number of nitrogens with zero attached hydrogens (tertiary/aromatic N) is 1. The Morgan fingerprint density at radius 2 is 1.36 bits per heavy atom. The molecule has 0 spiro atoms. The maximum absolute atomic E-state index is 12.2. The minimum Gasteiger partial charge on any atom is -0.497 e. The predicted octanol–water partition coefficient (Wildman–Crippen LogP) is 5.02. The third-order valence-corrected chi connectivity index (χ3v) is 6.45. The highest BCUT2D eigenvalue weighted by molar-refractivity contribution is 5.73. The summed E-state index contributed by atoms with van der Waals surface area (Å²) in [6.45, 7) is 2.86. The quantitative estimate of drug-likeness (QED) is 0.457. The number of hydrogen-bond donors (Lipinski definition) is 0. The maximum atomic E-state index is 12.2. The number of ether oxygens (including phenoxy) is 3. The molecule has 1 atom stereocenters. The van der Waals surface area contributed by atoms with Crippen LogP contribution in [0.15, 0.2) is 78.9 Å². The standard InChI is InChI=1S/C28H31NO4/c1-21(30)29-19-7-10-25(29)20-33-28(22-8-5-4-6-9-22,23-11-15-26(31-2)16-12-23)24-13-17-27(32-3)18-14-24/h4-6,8-9,11-18,25H,7,10,19-20H2,1-3H3. The third kappa shape index (κ3) is 4.60. The molecule has 5 heteroatoms. The van der Waals surface area contributed by atoms with E-state index in [2.05, 4.69) is 12.1 Å². The molecule has 1 unspecified atom stereocenters. The van der Waals surface area contributed by atoms with E-state index in [9.17, 15) is 4.79 Å². The van der Waals surface area contributed by atoms with Crippen LogP contribution in [0.1, 0.15) is 36.5 Å². The maximum Gasteiger partial charge on any atom is 0.219 e. The number of carbonyl (C=O) groups is 1. The predicted molar refractivity (Wildman–Crippen MR) is 129 cm³/mol. The van der Waals surface area contributed by atoms with E-state index in [0.29, 0.717) is 6.61 Å². The van der Waals surface area contributed by atoms with E-state index >= 15 is 0 Å². The van der Waals surface area contributed by atoms with Crippen LogP contribution in [-0.2, 0) is 15.1 Å². The molecule has 4 rings (SSSR count). The van der Waals surface area contributed by atoms with Crippen LogP contribution in [0.25, 0.3) is 0 Å². The molecule has 1 fully saturated rings. The molecular weight excluding hydrogens is 414 g/mol. The van der Waals surface area contributed by atoms with Gasteiger partial charge in [-0.2, -0.15) is 0 Å². The lowest BCUT2D eigenvalue weighted by atomic mass is 9.80. The first-order chi connectivity index (χ1) is 16.1. The van der Waals surface area contributed by atoms with E-state index in [1.54, 1.807) is 21.1 Å². The Kier molecular flexibility index (Phi) is 6.99. The largest absolute Gasteiger partial charge is 0.497 e. The van der Waals surface area contributed by atoms with Crippen molar-refractivity contribution in [3.8, 4) is 11.5 Å². The second kappa shape index (κ2) is 10.1. The van der Waals surface area contributed by atoms with Gasteiger partial charge in [0, 0.05) is 13.5 Å². The molecule has 1 aliphatic heterocycles. The van der Waals surface area contributed by atoms with Crippen molar-refractivity contribution in [1.82, 2.24) is 4.90 Å². The minimum absolute atomic E-state index is 0.0575. The summed E-state index contributed by atoms with van der Waals surface area (Å²) in [6.07, 6.45) is 1.94. The monoisotopic (exact) mass is 445 g/mol. The molecule has 1 heterocycles. The molecule has 0 aromatic heterocycles. The summed E-state index contributed by atoms with van der Waals surface area (Å²) in [7, 11) is 3.33. The smallest absolute Gasteiger partial charge is 0.219 e. The van der Waals surface area contributed by atoms with Gasteiger partial charge in [0.2, 0.25) is 5.91 Å². The summed E-state index contributed by atoms with van der Waals surface area (Å²) in [4.78, 5) is 14.1. The lowest BCUT2D eigenvalue weighted by molar-refractivity contribution is -0.131. The van der Waals surface area contributed by atoms with Crippen LogP contribution in [0.3, 0.4) is 0 Å². The second-order valence-electron chi connectivity index (χ2n) is 8.32. The highest BCUT2D eigenvalue weighted by atomic mass is 16.5. The van der Waals surface area contributed by atoms with Crippen molar-refractivity contribution in [3.63, 3.8) is 0 Å². The van der Waals surface area contributed by atoms with Gasteiger partial charge in [0.25, 0.3) is 0 Å². The molecule has 3 aromatic rings. The second-order valence-corrected chi connectivity index (χ2v) is 8.32. The van der Waals surface area contributed by atoms with Gasteiger partial charge < -0.3 is 19.1 Å². The average molecular weight is 446 g/mol. The van der Waals surface area contributed by atoms with Crippen molar-refractivity contribution < 1.29 is 19.0 Å². The summed E-state index contributed by atoms with van der Waals surface area (Å²) >= 11 is 0. The Morgan fingerprint density at radius 1 is 0.848 bits per heavy atom. The zero-order chi connectivity index (χ0) is 23.3. The van der Waals surface area contributed by atoms with Gasteiger partial charge in [0.15, 0.2) is 0 Å². The molecule has 33 heavy (non-hydrogen) atoms. The lowest BCUT2D eigenvalue weighted by Crippen LogP contribution is -2.41. The van der Waals surface area contributed by atoms with Crippen LogP contribution >= 0.6 is 0 Å². The van der Waals surface area contributed by atoms with Gasteiger partial charge in [0.1, 0.15) is 17.1 Å². The number of hydrogen-bond acceptors (Lipinski definition) is 4. The number of likely N-dealkylation sites (tertiary alicyclic amines) is 1. The van der Waals surface area contributed by atoms with Gasteiger partial charge in [-0.25, -0.2) is 0 Å². The molecular formula is C28H31NO4. The van der Waals surface area contributed by atoms with Crippen LogP contribution in [0.4, 0.5) is 0 Å². The van der Waals surface area contributed by atoms with E-state index in [1.165, 1.54) is 0 Å². The zero-order valence-electron chi connectivity index (χ0n) is 19.5. The third-order valence-electron chi connectivity index (χ3n) is 6.45. The number of amides is 1. The highest BCUT2D eigenvalue weighted by Gasteiger charge is 2.39. The van der Waals surface area contributed by atoms with Crippen LogP contribution < -0.4 is 9.47 Å². The molecule has 0 radical (unpaired) electrons. The lowest BCUT2D eigenvalue weighted by Gasteiger charge is -2.38. The first-order valence-corrected chi connectivity index (χ1v) is 11.3. The van der Waals surface area contributed by atoms with Crippen LogP contribution in [-0.4, -0.2) is 44.2 Å². The van der Waals surface area contributed by atoms with Crippen LogP contribution in [0.2, 0.25) is 0 Å². The summed E-state index contributed by atoms with van der Waals surface area (Å²) in [5.74, 6) is 1.67. The van der Waals surface area contributed by atoms with Crippen molar-refractivity contribution >= 4 is 5.91 Å². The Hall–Kier alpha value is -3.31. The van der Waals surface area contributed by atoms with Crippen LogP contribution in [0.5, 0.6) is 11.5 Å². The Labute approximate surface area is 195 Å². The van der Waals surface area contributed by atoms with Crippen LogP contribution in [0, 0.1) is 0 Å². The highest BCUT2D eigenvalue weighted by Crippen LogP contribution is 2.42. The van der Waals surface area contributed by atoms with E-state index in [4.69, 9.17) is 14.2 Å². The van der Waals surface area contributed by atoms with E-state index in [-0.39, 0.29) is 11.9 Å². The first-order valence-electron chi connectivity index (χ1n) is 11.3. The molecule has 5 nitrogen and oxygen atoms in total. The van der Waals surface area contributed by atoms with Gasteiger partial charge in [0.05, 0.1) is 26.9 Å². The van der Waals surface area contributed by atoms with E-state index in [1.807, 2.05) is 71.6 Å². The number of carbonyl (C=O) groups excluding carboxylic acids is 1. The van der Waals surface area contributed by atoms with E-state index < -0.39 is 5.60 Å². The topological polar surface area (TPSA) is 48.0 Å². The van der Waals surface area contributed by atoms with Crippen molar-refractivity contribution in [1.29, 1.82) is 0 Å². The average Bonchev–Trinajstić information content (AvgIpc) is 3.35. The molecule has 1 aliphatic rings. The number of rotatable bonds is 8. The zero-order valence-corrected chi connectivity index (χ0v) is 19.5. The molecule has 172 valence electrons. The molecule has 0 aliphatic carbocycles. The van der Waals surface area contributed by atoms with E-state index in [0.717, 1.165) is 47.6 Å². The Balaban J connectivity index is 1.84. The van der Waals surface area contributed by atoms with Crippen molar-refractivity contribution in [3.05, 3.63) is 95.6 Å². The fourth-order valence-corrected chi connectivity index (χ4v) is 4.72. The fraction of sp³-hybridized carbons (Fsp3) is 0.321. The summed E-state index contributed by atoms with van der Waals surface area (Å²) in [5, 5.41) is 0. The first kappa shape index (κ1) is 22.9. The molecule has 1 amide bonds. The van der Waals surface area contributed by atoms with Gasteiger partial charge in [-0.1, -0.05) is 54.6 Å². The molecule has 0 N–H and O–H groups in total. The SMILES string of the molecule is COc1ccc(C(OCC2CCCN2C(C)=O)(c2ccccc2)c2ccc(OC)cc2)cc1. The number of benzene rings is 3. The summed E-state index contributed by atoms with van der Waals surface area (Å²) in [5.41, 5.74) is 2.15. The Bertz CT molecular complexity index is 1000. The molecule has 1 saturated heterocycles. The van der Waals surface area contributed by atoms with Crippen molar-refractivity contribution in [2.75, 3.05) is 27.4 Å². The Morgan fingerprint density at radius 3 is 1.85 bits per heavy atom. The summed E-state index contributed by atoms with van der Waals surface area (Å²) < 4.78 is 17.7. The van der Waals surface area contributed by atoms with Crippen molar-refractivity contribution in [2.24, 2.45) is 0 Å². The molecule has 3 aromatic carbocycles. The van der Waals surface area contributed by atoms with Crippen molar-refractivity contribution in [2.45, 2.75) is 31.4 Å². The molecule has 0 bridgehead atoms. The van der Waals surface area contributed by atoms with Gasteiger partial charge in [-0.15, -0.1) is 0 Å².